The molecule has 6 heteroatoms. The summed E-state index contributed by atoms with van der Waals surface area (Å²) in [5, 5.41) is 0. The van der Waals surface area contributed by atoms with Crippen LogP contribution in [0.2, 0.25) is 0 Å². The number of rotatable bonds is 2. The number of nitrogens with two attached hydrogens (primary N) is 1. The predicted octanol–water partition coefficient (Wildman–Crippen LogP) is 1.97. The monoisotopic (exact) mass is 353 g/mol. The van der Waals surface area contributed by atoms with Gasteiger partial charge in [-0.25, -0.2) is 0 Å². The average molecular weight is 354 g/mol. The van der Waals surface area contributed by atoms with Crippen molar-refractivity contribution in [1.82, 2.24) is 9.80 Å². The highest BCUT2D eigenvalue weighted by molar-refractivity contribution is 9.10. The SMILES string of the molecule is CC(C)C(=O)N1CCN(C(=O)c2ccc(Br)cc2N)CC1. The molecule has 0 bridgehead atoms. The molecular formula is C15H20BrN3O2. The van der Waals surface area contributed by atoms with Crippen molar-refractivity contribution in [3.05, 3.63) is 28.2 Å². The summed E-state index contributed by atoms with van der Waals surface area (Å²) < 4.78 is 0.851. The molecule has 0 unspecified atom stereocenters. The van der Waals surface area contributed by atoms with Crippen LogP contribution < -0.4 is 5.73 Å². The van der Waals surface area contributed by atoms with E-state index in [1.807, 2.05) is 24.8 Å². The number of halogens is 1. The second-order valence-corrected chi connectivity index (χ2v) is 6.42. The van der Waals surface area contributed by atoms with Crippen LogP contribution in [0.3, 0.4) is 0 Å². The van der Waals surface area contributed by atoms with E-state index in [4.69, 9.17) is 5.73 Å². The van der Waals surface area contributed by atoms with Gasteiger partial charge in [0.25, 0.3) is 5.91 Å². The number of nitrogens with zero attached hydrogens (tertiary/aromatic N) is 2. The highest BCUT2D eigenvalue weighted by Crippen LogP contribution is 2.20. The van der Waals surface area contributed by atoms with Crippen molar-refractivity contribution in [2.75, 3.05) is 31.9 Å². The van der Waals surface area contributed by atoms with Crippen LogP contribution in [0, 0.1) is 5.92 Å². The smallest absolute Gasteiger partial charge is 0.256 e. The van der Waals surface area contributed by atoms with E-state index in [0.29, 0.717) is 37.4 Å². The van der Waals surface area contributed by atoms with Crippen LogP contribution in [-0.4, -0.2) is 47.8 Å². The fourth-order valence-electron chi connectivity index (χ4n) is 2.39. The lowest BCUT2D eigenvalue weighted by molar-refractivity contribution is -0.135. The second kappa shape index (κ2) is 6.47. The lowest BCUT2D eigenvalue weighted by atomic mass is 10.1. The highest BCUT2D eigenvalue weighted by Gasteiger charge is 2.26. The first-order valence-electron chi connectivity index (χ1n) is 7.03. The van der Waals surface area contributed by atoms with E-state index in [-0.39, 0.29) is 17.7 Å². The molecule has 114 valence electrons. The molecule has 0 saturated carbocycles. The number of nitrogen functional groups attached to an aromatic ring is 1. The minimum atomic E-state index is -0.0726. The Morgan fingerprint density at radius 3 is 2.24 bits per heavy atom. The van der Waals surface area contributed by atoms with E-state index in [9.17, 15) is 9.59 Å². The summed E-state index contributed by atoms with van der Waals surface area (Å²) in [5.74, 6) is 0.0660. The third kappa shape index (κ3) is 3.56. The van der Waals surface area contributed by atoms with Crippen molar-refractivity contribution < 1.29 is 9.59 Å². The van der Waals surface area contributed by atoms with Gasteiger partial charge >= 0.3 is 0 Å². The van der Waals surface area contributed by atoms with E-state index in [2.05, 4.69) is 15.9 Å². The molecule has 0 atom stereocenters. The van der Waals surface area contributed by atoms with Crippen molar-refractivity contribution in [2.45, 2.75) is 13.8 Å². The number of amides is 2. The molecule has 0 aromatic heterocycles. The maximum absolute atomic E-state index is 12.5. The lowest BCUT2D eigenvalue weighted by Crippen LogP contribution is -2.51. The van der Waals surface area contributed by atoms with Gasteiger partial charge in [0.05, 0.1) is 5.56 Å². The molecule has 5 nitrogen and oxygen atoms in total. The molecular weight excluding hydrogens is 334 g/mol. The van der Waals surface area contributed by atoms with E-state index >= 15 is 0 Å². The van der Waals surface area contributed by atoms with Gasteiger partial charge in [0.2, 0.25) is 5.91 Å². The summed E-state index contributed by atoms with van der Waals surface area (Å²) >= 11 is 3.33. The quantitative estimate of drug-likeness (QED) is 0.826. The summed E-state index contributed by atoms with van der Waals surface area (Å²) in [5.41, 5.74) is 6.89. The van der Waals surface area contributed by atoms with Gasteiger partial charge in [0, 0.05) is 42.3 Å². The van der Waals surface area contributed by atoms with Gasteiger partial charge in [-0.2, -0.15) is 0 Å². The number of hydrogen-bond donors (Lipinski definition) is 1. The van der Waals surface area contributed by atoms with Gasteiger partial charge in [-0.05, 0) is 18.2 Å². The molecule has 2 amide bonds. The second-order valence-electron chi connectivity index (χ2n) is 5.50. The van der Waals surface area contributed by atoms with Gasteiger partial charge in [-0.3, -0.25) is 9.59 Å². The Balaban J connectivity index is 2.02. The van der Waals surface area contributed by atoms with Crippen molar-refractivity contribution in [1.29, 1.82) is 0 Å². The Kier molecular flexibility index (Phi) is 4.88. The minimum Gasteiger partial charge on any atom is -0.398 e. The molecule has 1 aliphatic rings. The summed E-state index contributed by atoms with van der Waals surface area (Å²) in [4.78, 5) is 28.0. The van der Waals surface area contributed by atoms with Crippen molar-refractivity contribution in [3.63, 3.8) is 0 Å². The Hall–Kier alpha value is -1.56. The number of anilines is 1. The van der Waals surface area contributed by atoms with Crippen LogP contribution in [-0.2, 0) is 4.79 Å². The van der Waals surface area contributed by atoms with E-state index in [1.165, 1.54) is 0 Å². The van der Waals surface area contributed by atoms with Crippen LogP contribution in [0.4, 0.5) is 5.69 Å². The number of piperazine rings is 1. The normalized spacial score (nSPS) is 15.4. The standard InChI is InChI=1S/C15H20BrN3O2/c1-10(2)14(20)18-5-7-19(8-6-18)15(21)12-4-3-11(16)9-13(12)17/h3-4,9-10H,5-8,17H2,1-2H3. The highest BCUT2D eigenvalue weighted by atomic mass is 79.9. The number of carbonyl (C=O) groups excluding carboxylic acids is 2. The van der Waals surface area contributed by atoms with Crippen LogP contribution in [0.1, 0.15) is 24.2 Å². The number of benzene rings is 1. The Morgan fingerprint density at radius 1 is 1.14 bits per heavy atom. The Morgan fingerprint density at radius 2 is 1.71 bits per heavy atom. The molecule has 21 heavy (non-hydrogen) atoms. The third-order valence-electron chi connectivity index (χ3n) is 3.62. The van der Waals surface area contributed by atoms with Crippen molar-refractivity contribution >= 4 is 33.4 Å². The molecule has 1 heterocycles. The fourth-order valence-corrected chi connectivity index (χ4v) is 2.77. The molecule has 2 rings (SSSR count). The maximum Gasteiger partial charge on any atom is 0.256 e. The van der Waals surface area contributed by atoms with Crippen LogP contribution in [0.25, 0.3) is 0 Å². The van der Waals surface area contributed by atoms with Crippen molar-refractivity contribution in [3.8, 4) is 0 Å². The van der Waals surface area contributed by atoms with Gasteiger partial charge in [0.15, 0.2) is 0 Å². The summed E-state index contributed by atoms with van der Waals surface area (Å²) in [6.07, 6.45) is 0. The lowest BCUT2D eigenvalue weighted by Gasteiger charge is -2.35. The van der Waals surface area contributed by atoms with E-state index in [1.54, 1.807) is 17.0 Å². The summed E-state index contributed by atoms with van der Waals surface area (Å²) in [6.45, 7) is 6.04. The van der Waals surface area contributed by atoms with Crippen LogP contribution >= 0.6 is 15.9 Å². The number of carbonyl (C=O) groups is 2. The zero-order valence-corrected chi connectivity index (χ0v) is 13.9. The summed E-state index contributed by atoms with van der Waals surface area (Å²) in [6, 6.07) is 5.27. The molecule has 0 spiro atoms. The Labute approximate surface area is 133 Å². The first-order chi connectivity index (χ1) is 9.90. The zero-order valence-electron chi connectivity index (χ0n) is 12.3. The van der Waals surface area contributed by atoms with Crippen molar-refractivity contribution in [2.24, 2.45) is 5.92 Å². The summed E-state index contributed by atoms with van der Waals surface area (Å²) in [7, 11) is 0. The third-order valence-corrected chi connectivity index (χ3v) is 4.11. The molecule has 0 aliphatic carbocycles. The van der Waals surface area contributed by atoms with Gasteiger partial charge in [0.1, 0.15) is 0 Å². The van der Waals surface area contributed by atoms with Gasteiger partial charge in [-0.1, -0.05) is 29.8 Å². The van der Waals surface area contributed by atoms with Gasteiger partial charge in [-0.15, -0.1) is 0 Å². The zero-order chi connectivity index (χ0) is 15.6. The number of hydrogen-bond acceptors (Lipinski definition) is 3. The van der Waals surface area contributed by atoms with Crippen LogP contribution in [0.15, 0.2) is 22.7 Å². The molecule has 1 aromatic rings. The first kappa shape index (κ1) is 15.8. The largest absolute Gasteiger partial charge is 0.398 e. The average Bonchev–Trinajstić information content (AvgIpc) is 2.46. The predicted molar refractivity (Wildman–Crippen MR) is 85.9 cm³/mol. The van der Waals surface area contributed by atoms with Crippen LogP contribution in [0.5, 0.6) is 0 Å². The minimum absolute atomic E-state index is 0.00521. The van der Waals surface area contributed by atoms with Gasteiger partial charge < -0.3 is 15.5 Å². The molecule has 1 fully saturated rings. The Bertz CT molecular complexity index is 552. The molecule has 0 radical (unpaired) electrons. The molecule has 1 aliphatic heterocycles. The fraction of sp³-hybridized carbons (Fsp3) is 0.467. The van der Waals surface area contributed by atoms with E-state index in [0.717, 1.165) is 4.47 Å². The molecule has 1 saturated heterocycles. The topological polar surface area (TPSA) is 66.6 Å². The van der Waals surface area contributed by atoms with E-state index < -0.39 is 0 Å². The molecule has 2 N–H and O–H groups in total. The maximum atomic E-state index is 12.5. The molecule has 1 aromatic carbocycles. The first-order valence-corrected chi connectivity index (χ1v) is 7.82.